The number of amides is 1. The number of benzene rings is 1. The highest BCUT2D eigenvalue weighted by Crippen LogP contribution is 2.34. The lowest BCUT2D eigenvalue weighted by Crippen LogP contribution is -2.29. The number of carbonyl (C=O) groups excluding carboxylic acids is 2. The van der Waals surface area contributed by atoms with Crippen LogP contribution < -0.4 is 4.90 Å². The number of rotatable bonds is 2. The van der Waals surface area contributed by atoms with Crippen molar-refractivity contribution in [3.63, 3.8) is 0 Å². The molecule has 0 radical (unpaired) electrons. The van der Waals surface area contributed by atoms with Crippen LogP contribution in [0.3, 0.4) is 0 Å². The number of carbonyl (C=O) groups is 2. The molecule has 0 atom stereocenters. The molecule has 5 nitrogen and oxygen atoms in total. The van der Waals surface area contributed by atoms with Crippen molar-refractivity contribution in [3.8, 4) is 0 Å². The van der Waals surface area contributed by atoms with Crippen molar-refractivity contribution in [2.75, 3.05) is 4.90 Å². The van der Waals surface area contributed by atoms with E-state index in [9.17, 15) is 18.4 Å². The van der Waals surface area contributed by atoms with Crippen molar-refractivity contribution in [2.24, 2.45) is 0 Å². The molecule has 0 saturated carbocycles. The van der Waals surface area contributed by atoms with Crippen LogP contribution in [0.25, 0.3) is 0 Å². The maximum atomic E-state index is 13.7. The van der Waals surface area contributed by atoms with Gasteiger partial charge in [-0.15, -0.1) is 0 Å². The molecule has 3 rings (SSSR count). The molecule has 1 aliphatic rings. The summed E-state index contributed by atoms with van der Waals surface area (Å²) in [5, 5.41) is 3.44. The molecule has 19 heavy (non-hydrogen) atoms. The average molecular weight is 264 g/mol. The molecular weight excluding hydrogens is 258 g/mol. The smallest absolute Gasteiger partial charge is 0.300 e. The van der Waals surface area contributed by atoms with E-state index in [1.54, 1.807) is 0 Å². The number of ketones is 1. The van der Waals surface area contributed by atoms with Gasteiger partial charge in [0.2, 0.25) is 0 Å². The van der Waals surface area contributed by atoms with E-state index in [0.717, 1.165) is 17.0 Å². The largest absolute Gasteiger partial charge is 0.359 e. The lowest BCUT2D eigenvalue weighted by atomic mass is 10.1. The Morgan fingerprint density at radius 1 is 1.16 bits per heavy atom. The predicted octanol–water partition coefficient (Wildman–Crippen LogP) is 1.68. The molecule has 0 N–H and O–H groups in total. The van der Waals surface area contributed by atoms with E-state index in [0.29, 0.717) is 0 Å². The second-order valence-electron chi connectivity index (χ2n) is 3.95. The Balaban J connectivity index is 2.12. The highest BCUT2D eigenvalue weighted by molar-refractivity contribution is 6.52. The van der Waals surface area contributed by atoms with Gasteiger partial charge in [0.1, 0.15) is 11.6 Å². The van der Waals surface area contributed by atoms with Gasteiger partial charge in [-0.2, -0.15) is 0 Å². The number of hydrogen-bond acceptors (Lipinski definition) is 4. The van der Waals surface area contributed by atoms with Gasteiger partial charge in [0.05, 0.1) is 24.0 Å². The number of hydrogen-bond donors (Lipinski definition) is 0. The molecule has 7 heteroatoms. The van der Waals surface area contributed by atoms with Crippen molar-refractivity contribution in [3.05, 3.63) is 47.4 Å². The van der Waals surface area contributed by atoms with Crippen molar-refractivity contribution in [1.29, 1.82) is 0 Å². The lowest BCUT2D eigenvalue weighted by molar-refractivity contribution is -0.114. The van der Waals surface area contributed by atoms with Gasteiger partial charge in [0.25, 0.3) is 11.7 Å². The number of anilines is 1. The van der Waals surface area contributed by atoms with E-state index >= 15 is 0 Å². The standard InChI is InChI=1S/C12H6F2N2O3/c13-7-1-2-8(14)10-9(7)11(17)12(18)16(10)5-6-3-4-15-19-6/h1-4H,5H2. The first-order valence-electron chi connectivity index (χ1n) is 5.33. The average Bonchev–Trinajstić information content (AvgIpc) is 2.97. The highest BCUT2D eigenvalue weighted by Gasteiger charge is 2.40. The summed E-state index contributed by atoms with van der Waals surface area (Å²) in [6.07, 6.45) is 1.35. The van der Waals surface area contributed by atoms with Crippen LogP contribution in [0.4, 0.5) is 14.5 Å². The molecule has 0 unspecified atom stereocenters. The maximum Gasteiger partial charge on any atom is 0.300 e. The summed E-state index contributed by atoms with van der Waals surface area (Å²) in [6, 6.07) is 3.15. The first-order valence-corrected chi connectivity index (χ1v) is 5.33. The summed E-state index contributed by atoms with van der Waals surface area (Å²) in [5.41, 5.74) is -0.893. The molecule has 0 bridgehead atoms. The molecule has 2 heterocycles. The van der Waals surface area contributed by atoms with Gasteiger partial charge in [-0.25, -0.2) is 8.78 Å². The molecular formula is C12H6F2N2O3. The van der Waals surface area contributed by atoms with Crippen LogP contribution >= 0.6 is 0 Å². The van der Waals surface area contributed by atoms with Crippen LogP contribution in [0.5, 0.6) is 0 Å². The molecule has 0 aliphatic carbocycles. The summed E-state index contributed by atoms with van der Waals surface area (Å²) < 4.78 is 32.1. The van der Waals surface area contributed by atoms with E-state index in [-0.39, 0.29) is 18.0 Å². The predicted molar refractivity (Wildman–Crippen MR) is 58.4 cm³/mol. The third-order valence-corrected chi connectivity index (χ3v) is 2.82. The monoisotopic (exact) mass is 264 g/mol. The van der Waals surface area contributed by atoms with Crippen LogP contribution in [-0.4, -0.2) is 16.8 Å². The summed E-state index contributed by atoms with van der Waals surface area (Å²) in [4.78, 5) is 24.3. The summed E-state index contributed by atoms with van der Waals surface area (Å²) in [5.74, 6) is -3.55. The molecule has 1 aliphatic heterocycles. The minimum absolute atomic E-state index is 0.183. The number of aromatic nitrogens is 1. The van der Waals surface area contributed by atoms with E-state index in [2.05, 4.69) is 5.16 Å². The van der Waals surface area contributed by atoms with Gasteiger partial charge in [0, 0.05) is 6.07 Å². The van der Waals surface area contributed by atoms with E-state index in [1.807, 2.05) is 0 Å². The quantitative estimate of drug-likeness (QED) is 0.774. The van der Waals surface area contributed by atoms with Crippen molar-refractivity contribution in [2.45, 2.75) is 6.54 Å². The van der Waals surface area contributed by atoms with Gasteiger partial charge >= 0.3 is 0 Å². The van der Waals surface area contributed by atoms with Gasteiger partial charge < -0.3 is 4.52 Å². The highest BCUT2D eigenvalue weighted by atomic mass is 19.1. The van der Waals surface area contributed by atoms with Crippen LogP contribution in [-0.2, 0) is 11.3 Å². The zero-order valence-electron chi connectivity index (χ0n) is 9.39. The first kappa shape index (κ1) is 11.5. The zero-order valence-corrected chi connectivity index (χ0v) is 9.39. The SMILES string of the molecule is O=C1C(=O)N(Cc2ccno2)c2c(F)ccc(F)c21. The summed E-state index contributed by atoms with van der Waals surface area (Å²) >= 11 is 0. The second-order valence-corrected chi connectivity index (χ2v) is 3.95. The van der Waals surface area contributed by atoms with Crippen LogP contribution in [0.15, 0.2) is 28.9 Å². The molecule has 1 aromatic heterocycles. The fourth-order valence-electron chi connectivity index (χ4n) is 1.98. The normalized spacial score (nSPS) is 14.1. The van der Waals surface area contributed by atoms with Gasteiger partial charge in [-0.1, -0.05) is 5.16 Å². The Labute approximate surface area is 105 Å². The third kappa shape index (κ3) is 1.62. The maximum absolute atomic E-state index is 13.7. The minimum Gasteiger partial charge on any atom is -0.359 e. The lowest BCUT2D eigenvalue weighted by Gasteiger charge is -2.14. The first-order chi connectivity index (χ1) is 9.09. The van der Waals surface area contributed by atoms with E-state index in [1.165, 1.54) is 12.3 Å². The van der Waals surface area contributed by atoms with Gasteiger partial charge in [-0.3, -0.25) is 14.5 Å². The van der Waals surface area contributed by atoms with Crippen LogP contribution in [0.1, 0.15) is 16.1 Å². The Morgan fingerprint density at radius 2 is 1.89 bits per heavy atom. The number of nitrogens with zero attached hydrogens (tertiary/aromatic N) is 2. The minimum atomic E-state index is -1.06. The van der Waals surface area contributed by atoms with Gasteiger partial charge in [-0.05, 0) is 12.1 Å². The van der Waals surface area contributed by atoms with Crippen molar-refractivity contribution >= 4 is 17.4 Å². The number of fused-ring (bicyclic) bond motifs is 1. The molecule has 1 aromatic carbocycles. The molecule has 0 fully saturated rings. The summed E-state index contributed by atoms with van der Waals surface area (Å²) in [7, 11) is 0. The molecule has 0 spiro atoms. The van der Waals surface area contributed by atoms with Crippen LogP contribution in [0, 0.1) is 11.6 Å². The molecule has 1 amide bonds. The molecule has 0 saturated heterocycles. The summed E-state index contributed by atoms with van der Waals surface area (Å²) in [6.45, 7) is -0.183. The third-order valence-electron chi connectivity index (χ3n) is 2.82. The Bertz CT molecular complexity index is 683. The Kier molecular flexibility index (Phi) is 2.41. The Hall–Kier alpha value is -2.57. The van der Waals surface area contributed by atoms with E-state index < -0.39 is 28.9 Å². The number of halogens is 2. The fraction of sp³-hybridized carbons (Fsp3) is 0.0833. The topological polar surface area (TPSA) is 63.4 Å². The van der Waals surface area contributed by atoms with Crippen molar-refractivity contribution < 1.29 is 22.9 Å². The fourth-order valence-corrected chi connectivity index (χ4v) is 1.98. The number of Topliss-reactive ketones (excluding diaryl/α,β-unsaturated/α-hetero) is 1. The van der Waals surface area contributed by atoms with Crippen molar-refractivity contribution in [1.82, 2.24) is 5.16 Å². The van der Waals surface area contributed by atoms with Crippen LogP contribution in [0.2, 0.25) is 0 Å². The molecule has 2 aromatic rings. The Morgan fingerprint density at radius 3 is 2.58 bits per heavy atom. The second kappa shape index (κ2) is 3.98. The zero-order chi connectivity index (χ0) is 13.6. The molecule has 96 valence electrons. The van der Waals surface area contributed by atoms with Gasteiger partial charge in [0.15, 0.2) is 5.76 Å². The van der Waals surface area contributed by atoms with E-state index in [4.69, 9.17) is 4.52 Å².